The van der Waals surface area contributed by atoms with E-state index in [0.717, 1.165) is 5.56 Å². The molecule has 8 heteroatoms. The van der Waals surface area contributed by atoms with E-state index in [2.05, 4.69) is 15.4 Å². The normalized spacial score (nSPS) is 12.1. The van der Waals surface area contributed by atoms with Crippen molar-refractivity contribution in [3.05, 3.63) is 63.1 Å². The molecule has 146 valence electrons. The van der Waals surface area contributed by atoms with Gasteiger partial charge < -0.3 is 10.4 Å². The summed E-state index contributed by atoms with van der Waals surface area (Å²) in [5.74, 6) is -1.53. The zero-order chi connectivity index (χ0) is 20.4. The maximum atomic E-state index is 12.6. The second-order valence-corrected chi connectivity index (χ2v) is 6.82. The highest BCUT2D eigenvalue weighted by atomic mass is 16.4. The van der Waals surface area contributed by atoms with Crippen LogP contribution in [-0.4, -0.2) is 37.8 Å². The number of rotatable bonds is 6. The lowest BCUT2D eigenvalue weighted by Gasteiger charge is -2.16. The predicted octanol–water partition coefficient (Wildman–Crippen LogP) is 1.23. The van der Waals surface area contributed by atoms with E-state index in [4.69, 9.17) is 0 Å². The largest absolute Gasteiger partial charge is 0.480 e. The van der Waals surface area contributed by atoms with Gasteiger partial charge in [-0.2, -0.15) is 0 Å². The third kappa shape index (κ3) is 3.80. The molecule has 3 N–H and O–H groups in total. The summed E-state index contributed by atoms with van der Waals surface area (Å²) in [6.07, 6.45) is 0.142. The number of carbonyl (C=O) groups is 2. The van der Waals surface area contributed by atoms with Gasteiger partial charge in [0.25, 0.3) is 5.56 Å². The second-order valence-electron chi connectivity index (χ2n) is 6.82. The van der Waals surface area contributed by atoms with Crippen LogP contribution in [0.15, 0.2) is 35.1 Å². The summed E-state index contributed by atoms with van der Waals surface area (Å²) in [7, 11) is 1.70. The van der Waals surface area contributed by atoms with Crippen LogP contribution in [0.3, 0.4) is 0 Å². The minimum atomic E-state index is -1.10. The fourth-order valence-corrected chi connectivity index (χ4v) is 3.36. The van der Waals surface area contributed by atoms with Crippen molar-refractivity contribution in [1.82, 2.24) is 20.1 Å². The number of benzene rings is 1. The van der Waals surface area contributed by atoms with Crippen LogP contribution in [0.4, 0.5) is 0 Å². The molecule has 0 radical (unpaired) electrons. The zero-order valence-corrected chi connectivity index (χ0v) is 15.9. The van der Waals surface area contributed by atoms with Crippen LogP contribution in [0.2, 0.25) is 0 Å². The number of carboxylic acids is 1. The summed E-state index contributed by atoms with van der Waals surface area (Å²) in [6, 6.07) is 8.08. The predicted molar refractivity (Wildman–Crippen MR) is 104 cm³/mol. The number of amides is 1. The molecule has 1 amide bonds. The Morgan fingerprint density at radius 1 is 1.25 bits per heavy atom. The first-order valence-electron chi connectivity index (χ1n) is 8.88. The molecule has 0 aliphatic heterocycles. The molecular weight excluding hydrogens is 360 g/mol. The molecule has 0 spiro atoms. The Bertz CT molecular complexity index is 1100. The SMILES string of the molecule is Cc1nc2c(c(C)c1CC(=O)N[C@H](Cc1ccccc1)C(=O)O)c(=O)[nH]n2C. The molecule has 0 fully saturated rings. The molecular formula is C20H22N4O4. The lowest BCUT2D eigenvalue weighted by molar-refractivity contribution is -0.141. The maximum absolute atomic E-state index is 12.6. The molecule has 1 aromatic carbocycles. The van der Waals surface area contributed by atoms with Gasteiger partial charge in [0.15, 0.2) is 5.65 Å². The lowest BCUT2D eigenvalue weighted by atomic mass is 10.0. The molecule has 2 heterocycles. The van der Waals surface area contributed by atoms with E-state index in [0.29, 0.717) is 27.9 Å². The second kappa shape index (κ2) is 7.67. The Hall–Kier alpha value is -3.42. The van der Waals surface area contributed by atoms with Gasteiger partial charge in [-0.1, -0.05) is 30.3 Å². The van der Waals surface area contributed by atoms with Gasteiger partial charge in [-0.3, -0.25) is 19.4 Å². The summed E-state index contributed by atoms with van der Waals surface area (Å²) < 4.78 is 1.54. The smallest absolute Gasteiger partial charge is 0.326 e. The van der Waals surface area contributed by atoms with Gasteiger partial charge in [0, 0.05) is 19.2 Å². The maximum Gasteiger partial charge on any atom is 0.326 e. The van der Waals surface area contributed by atoms with Crippen LogP contribution >= 0.6 is 0 Å². The Labute approximate surface area is 161 Å². The molecule has 8 nitrogen and oxygen atoms in total. The molecule has 1 atom stereocenters. The number of pyridine rings is 1. The summed E-state index contributed by atoms with van der Waals surface area (Å²) >= 11 is 0. The Morgan fingerprint density at radius 3 is 2.57 bits per heavy atom. The van der Waals surface area contributed by atoms with Crippen LogP contribution in [0.1, 0.15) is 22.4 Å². The molecule has 28 heavy (non-hydrogen) atoms. The van der Waals surface area contributed by atoms with Crippen LogP contribution in [0.25, 0.3) is 11.0 Å². The molecule has 0 unspecified atom stereocenters. The van der Waals surface area contributed by atoms with Crippen molar-refractivity contribution in [1.29, 1.82) is 0 Å². The Balaban J connectivity index is 1.83. The number of aliphatic carboxylic acids is 1. The molecule has 0 saturated carbocycles. The highest BCUT2D eigenvalue weighted by Crippen LogP contribution is 2.20. The molecule has 2 aromatic heterocycles. The van der Waals surface area contributed by atoms with E-state index >= 15 is 0 Å². The molecule has 3 aromatic rings. The standard InChI is InChI=1S/C20H22N4O4/c1-11-14(12(2)21-18-17(11)19(26)23-24(18)3)10-16(25)22-15(20(27)28)9-13-7-5-4-6-8-13/h4-8,15H,9-10H2,1-3H3,(H,22,25)(H,23,26)(H,27,28)/t15-/m1/s1. The number of nitrogens with zero attached hydrogens (tertiary/aromatic N) is 2. The minimum Gasteiger partial charge on any atom is -0.480 e. The average Bonchev–Trinajstić information content (AvgIpc) is 2.92. The monoisotopic (exact) mass is 382 g/mol. The van der Waals surface area contributed by atoms with E-state index in [9.17, 15) is 19.5 Å². The summed E-state index contributed by atoms with van der Waals surface area (Å²) in [4.78, 5) is 40.7. The number of fused-ring (bicyclic) bond motifs is 1. The quantitative estimate of drug-likeness (QED) is 0.593. The van der Waals surface area contributed by atoms with Crippen LogP contribution < -0.4 is 10.9 Å². The zero-order valence-electron chi connectivity index (χ0n) is 15.9. The molecule has 0 aliphatic rings. The van der Waals surface area contributed by atoms with Gasteiger partial charge in [0.05, 0.1) is 11.8 Å². The number of aryl methyl sites for hydroxylation is 3. The molecule has 0 saturated heterocycles. The number of carboxylic acid groups (broad SMARTS) is 1. The number of hydrogen-bond acceptors (Lipinski definition) is 4. The third-order valence-electron chi connectivity index (χ3n) is 4.83. The number of hydrogen-bond donors (Lipinski definition) is 3. The van der Waals surface area contributed by atoms with E-state index in [1.165, 1.54) is 0 Å². The number of nitrogens with one attached hydrogen (secondary N) is 2. The fourth-order valence-electron chi connectivity index (χ4n) is 3.36. The van der Waals surface area contributed by atoms with Gasteiger partial charge in [-0.05, 0) is 30.5 Å². The van der Waals surface area contributed by atoms with E-state index in [-0.39, 0.29) is 18.4 Å². The minimum absolute atomic E-state index is 0.0481. The first kappa shape index (κ1) is 19.3. The Kier molecular flexibility index (Phi) is 5.30. The van der Waals surface area contributed by atoms with Gasteiger partial charge in [-0.25, -0.2) is 9.78 Å². The summed E-state index contributed by atoms with van der Waals surface area (Å²) in [6.45, 7) is 3.54. The van der Waals surface area contributed by atoms with E-state index in [1.54, 1.807) is 25.6 Å². The highest BCUT2D eigenvalue weighted by Gasteiger charge is 2.22. The van der Waals surface area contributed by atoms with Crippen molar-refractivity contribution in [3.8, 4) is 0 Å². The average molecular weight is 382 g/mol. The number of aromatic amines is 1. The number of aromatic nitrogens is 3. The van der Waals surface area contributed by atoms with Crippen molar-refractivity contribution < 1.29 is 14.7 Å². The first-order chi connectivity index (χ1) is 13.3. The van der Waals surface area contributed by atoms with Crippen molar-refractivity contribution in [2.75, 3.05) is 0 Å². The van der Waals surface area contributed by atoms with Crippen molar-refractivity contribution in [2.45, 2.75) is 32.7 Å². The van der Waals surface area contributed by atoms with Crippen LogP contribution in [-0.2, 0) is 29.5 Å². The van der Waals surface area contributed by atoms with Crippen molar-refractivity contribution in [3.63, 3.8) is 0 Å². The van der Waals surface area contributed by atoms with Gasteiger partial charge in [0.2, 0.25) is 5.91 Å². The van der Waals surface area contributed by atoms with Crippen LogP contribution in [0, 0.1) is 13.8 Å². The molecule has 0 bridgehead atoms. The summed E-state index contributed by atoms with van der Waals surface area (Å²) in [5, 5.41) is 15.1. The third-order valence-corrected chi connectivity index (χ3v) is 4.83. The molecule has 0 aliphatic carbocycles. The van der Waals surface area contributed by atoms with Gasteiger partial charge in [-0.15, -0.1) is 0 Å². The summed E-state index contributed by atoms with van der Waals surface area (Å²) in [5.41, 5.74) is 3.01. The van der Waals surface area contributed by atoms with E-state index < -0.39 is 17.9 Å². The van der Waals surface area contributed by atoms with Crippen molar-refractivity contribution in [2.24, 2.45) is 7.05 Å². The highest BCUT2D eigenvalue weighted by molar-refractivity contribution is 5.87. The van der Waals surface area contributed by atoms with Crippen LogP contribution in [0.5, 0.6) is 0 Å². The Morgan fingerprint density at radius 2 is 1.93 bits per heavy atom. The molecule has 3 rings (SSSR count). The number of carbonyl (C=O) groups excluding carboxylic acids is 1. The van der Waals surface area contributed by atoms with E-state index in [1.807, 2.05) is 30.3 Å². The lowest BCUT2D eigenvalue weighted by Crippen LogP contribution is -2.43. The first-order valence-corrected chi connectivity index (χ1v) is 8.88. The van der Waals surface area contributed by atoms with Crippen molar-refractivity contribution >= 4 is 22.9 Å². The van der Waals surface area contributed by atoms with Gasteiger partial charge >= 0.3 is 5.97 Å². The number of H-pyrrole nitrogens is 1. The topological polar surface area (TPSA) is 117 Å². The fraction of sp³-hybridized carbons (Fsp3) is 0.300. The van der Waals surface area contributed by atoms with Gasteiger partial charge in [0.1, 0.15) is 6.04 Å².